The van der Waals surface area contributed by atoms with Crippen LogP contribution in [-0.2, 0) is 4.79 Å². The van der Waals surface area contributed by atoms with Crippen LogP contribution in [-0.4, -0.2) is 36.4 Å². The fourth-order valence-electron chi connectivity index (χ4n) is 8.54. The van der Waals surface area contributed by atoms with Gasteiger partial charge in [-0.05, 0) is 78.9 Å². The first-order valence-corrected chi connectivity index (χ1v) is 12.9. The SMILES string of the molecule is CN(C)c1ccc([C@H]2C[C@@]3(C)C(CCC34CCC=[N+]4[O-])C3CCC4=CC(=O)CCC4=C32)cc1. The second-order valence-corrected chi connectivity index (χ2v) is 11.6. The number of carbonyl (C=O) groups is 1. The highest BCUT2D eigenvalue weighted by Gasteiger charge is 2.68. The molecule has 4 aliphatic carbocycles. The van der Waals surface area contributed by atoms with Gasteiger partial charge in [0.15, 0.2) is 17.5 Å². The smallest absolute Gasteiger partial charge is 0.178 e. The number of allylic oxidation sites excluding steroid dienone is 4. The average molecular weight is 445 g/mol. The van der Waals surface area contributed by atoms with Gasteiger partial charge in [0.2, 0.25) is 0 Å². The van der Waals surface area contributed by atoms with E-state index in [0.29, 0.717) is 30.0 Å². The van der Waals surface area contributed by atoms with Crippen LogP contribution < -0.4 is 4.90 Å². The van der Waals surface area contributed by atoms with Crippen molar-refractivity contribution in [1.82, 2.24) is 0 Å². The molecule has 4 heteroatoms. The fourth-order valence-corrected chi connectivity index (χ4v) is 8.54. The first-order valence-electron chi connectivity index (χ1n) is 12.9. The van der Waals surface area contributed by atoms with E-state index < -0.39 is 0 Å². The van der Waals surface area contributed by atoms with Gasteiger partial charge < -0.3 is 10.1 Å². The van der Waals surface area contributed by atoms with Gasteiger partial charge in [0.25, 0.3) is 0 Å². The molecular weight excluding hydrogens is 408 g/mol. The molecule has 0 radical (unpaired) electrons. The third-order valence-electron chi connectivity index (χ3n) is 10.1. The van der Waals surface area contributed by atoms with Crippen molar-refractivity contribution in [2.45, 2.75) is 76.2 Å². The van der Waals surface area contributed by atoms with Crippen molar-refractivity contribution in [1.29, 1.82) is 0 Å². The summed E-state index contributed by atoms with van der Waals surface area (Å²) in [5.41, 5.74) is 6.81. The molecule has 33 heavy (non-hydrogen) atoms. The Bertz CT molecular complexity index is 1100. The van der Waals surface area contributed by atoms with Crippen molar-refractivity contribution in [3.63, 3.8) is 0 Å². The first kappa shape index (κ1) is 21.2. The van der Waals surface area contributed by atoms with Crippen LogP contribution in [0, 0.1) is 22.5 Å². The minimum atomic E-state index is -0.228. The van der Waals surface area contributed by atoms with Gasteiger partial charge in [-0.2, -0.15) is 0 Å². The van der Waals surface area contributed by atoms with E-state index in [1.807, 2.05) is 12.3 Å². The number of ketones is 1. The summed E-state index contributed by atoms with van der Waals surface area (Å²) in [6, 6.07) is 9.11. The van der Waals surface area contributed by atoms with Crippen molar-refractivity contribution in [2.75, 3.05) is 19.0 Å². The van der Waals surface area contributed by atoms with Crippen LogP contribution in [0.15, 0.2) is 47.1 Å². The zero-order valence-corrected chi connectivity index (χ0v) is 20.3. The van der Waals surface area contributed by atoms with Crippen molar-refractivity contribution in [3.8, 4) is 0 Å². The number of carbonyl (C=O) groups excluding carboxylic acids is 1. The molecule has 1 spiro atoms. The molecule has 0 amide bonds. The van der Waals surface area contributed by atoms with Gasteiger partial charge >= 0.3 is 0 Å². The second-order valence-electron chi connectivity index (χ2n) is 11.6. The fraction of sp³-hybridized carbons (Fsp3) is 0.586. The largest absolute Gasteiger partial charge is 0.624 e. The molecule has 0 aromatic heterocycles. The monoisotopic (exact) mass is 444 g/mol. The minimum Gasteiger partial charge on any atom is -0.624 e. The van der Waals surface area contributed by atoms with Gasteiger partial charge in [0.05, 0.1) is 0 Å². The molecule has 1 aromatic rings. The summed E-state index contributed by atoms with van der Waals surface area (Å²) >= 11 is 0. The minimum absolute atomic E-state index is 0.0209. The van der Waals surface area contributed by atoms with E-state index in [9.17, 15) is 10.0 Å². The summed E-state index contributed by atoms with van der Waals surface area (Å²) in [5.74, 6) is 1.74. The van der Waals surface area contributed by atoms with Gasteiger partial charge in [0, 0.05) is 56.8 Å². The van der Waals surface area contributed by atoms with Gasteiger partial charge in [-0.3, -0.25) is 4.79 Å². The van der Waals surface area contributed by atoms with Crippen LogP contribution in [0.2, 0.25) is 0 Å². The lowest BCUT2D eigenvalue weighted by Crippen LogP contribution is -2.54. The van der Waals surface area contributed by atoms with E-state index >= 15 is 0 Å². The molecule has 4 nitrogen and oxygen atoms in total. The van der Waals surface area contributed by atoms with Gasteiger partial charge in [-0.1, -0.05) is 24.6 Å². The summed E-state index contributed by atoms with van der Waals surface area (Å²) in [6.07, 6.45) is 12.7. The molecule has 0 N–H and O–H groups in total. The van der Waals surface area contributed by atoms with Crippen LogP contribution in [0.3, 0.4) is 0 Å². The van der Waals surface area contributed by atoms with Crippen molar-refractivity contribution < 1.29 is 9.53 Å². The molecule has 3 unspecified atom stereocenters. The molecule has 6 rings (SSSR count). The molecule has 1 aliphatic heterocycles. The standard InChI is InChI=1S/C29H36N2O2/c1-28-18-25(19-5-8-21(9-6-19)30(2)3)27-23-12-10-22(32)17-20(23)7-11-24(27)26(28)13-15-29(28)14-4-16-31(29)33/h5-6,8-9,16-17,24-26H,4,7,10-15,18H2,1-3H3/t24?,25-,26?,28+,29?/m1/s1. The quantitative estimate of drug-likeness (QED) is 0.430. The van der Waals surface area contributed by atoms with E-state index in [0.717, 1.165) is 51.4 Å². The van der Waals surface area contributed by atoms with Crippen molar-refractivity contribution in [2.24, 2.45) is 17.3 Å². The molecule has 1 aromatic carbocycles. The average Bonchev–Trinajstić information content (AvgIpc) is 3.33. The molecule has 1 heterocycles. The van der Waals surface area contributed by atoms with Crippen molar-refractivity contribution >= 4 is 17.7 Å². The lowest BCUT2D eigenvalue weighted by atomic mass is 9.50. The zero-order chi connectivity index (χ0) is 23.0. The van der Waals surface area contributed by atoms with E-state index in [4.69, 9.17) is 0 Å². The van der Waals surface area contributed by atoms with Crippen LogP contribution in [0.4, 0.5) is 5.69 Å². The predicted octanol–water partition coefficient (Wildman–Crippen LogP) is 5.77. The molecule has 0 saturated heterocycles. The van der Waals surface area contributed by atoms with Crippen molar-refractivity contribution in [3.05, 3.63) is 57.8 Å². The maximum atomic E-state index is 13.2. The summed E-state index contributed by atoms with van der Waals surface area (Å²) < 4.78 is 1.38. The van der Waals surface area contributed by atoms with Crippen LogP contribution in [0.25, 0.3) is 0 Å². The Labute approximate surface area is 197 Å². The first-order chi connectivity index (χ1) is 15.8. The number of fused-ring (bicyclic) bond motifs is 5. The number of anilines is 1. The summed E-state index contributed by atoms with van der Waals surface area (Å²) in [4.78, 5) is 14.4. The molecule has 2 fully saturated rings. The molecule has 174 valence electrons. The molecule has 5 atom stereocenters. The van der Waals surface area contributed by atoms with Gasteiger partial charge in [0.1, 0.15) is 0 Å². The maximum Gasteiger partial charge on any atom is 0.178 e. The topological polar surface area (TPSA) is 46.4 Å². The van der Waals surface area contributed by atoms with E-state index in [2.05, 4.69) is 50.2 Å². The number of hydroxylamine groups is 1. The Morgan fingerprint density at radius 1 is 1.06 bits per heavy atom. The zero-order valence-electron chi connectivity index (χ0n) is 20.3. The normalized spacial score (nSPS) is 37.4. The molecule has 0 bridgehead atoms. The Hall–Kier alpha value is -2.36. The molecule has 2 saturated carbocycles. The summed E-state index contributed by atoms with van der Waals surface area (Å²) in [6.45, 7) is 2.45. The third kappa shape index (κ3) is 2.88. The van der Waals surface area contributed by atoms with E-state index in [-0.39, 0.29) is 11.0 Å². The number of hydrogen-bond acceptors (Lipinski definition) is 3. The van der Waals surface area contributed by atoms with E-state index in [1.54, 1.807) is 5.57 Å². The van der Waals surface area contributed by atoms with Crippen LogP contribution in [0.1, 0.15) is 76.2 Å². The molecule has 5 aliphatic rings. The van der Waals surface area contributed by atoms with Gasteiger partial charge in [-0.15, -0.1) is 0 Å². The Morgan fingerprint density at radius 3 is 2.55 bits per heavy atom. The van der Waals surface area contributed by atoms with Crippen LogP contribution >= 0.6 is 0 Å². The Balaban J connectivity index is 1.51. The van der Waals surface area contributed by atoms with Crippen LogP contribution in [0.5, 0.6) is 0 Å². The summed E-state index contributed by atoms with van der Waals surface area (Å²) in [5, 5.41) is 13.2. The Morgan fingerprint density at radius 2 is 1.85 bits per heavy atom. The highest BCUT2D eigenvalue weighted by Crippen LogP contribution is 2.68. The van der Waals surface area contributed by atoms with Gasteiger partial charge in [-0.25, -0.2) is 4.74 Å². The number of rotatable bonds is 2. The number of nitrogens with zero attached hydrogens (tertiary/aromatic N) is 2. The lowest BCUT2D eigenvalue weighted by molar-refractivity contribution is -0.559. The Kier molecular flexibility index (Phi) is 4.70. The summed E-state index contributed by atoms with van der Waals surface area (Å²) in [7, 11) is 4.17. The highest BCUT2D eigenvalue weighted by molar-refractivity contribution is 5.93. The number of hydrogen-bond donors (Lipinski definition) is 0. The number of benzene rings is 1. The molecular formula is C29H36N2O2. The van der Waals surface area contributed by atoms with E-state index in [1.165, 1.54) is 27.1 Å². The highest BCUT2D eigenvalue weighted by atomic mass is 16.5. The third-order valence-corrected chi connectivity index (χ3v) is 10.1. The predicted molar refractivity (Wildman–Crippen MR) is 133 cm³/mol. The lowest BCUT2D eigenvalue weighted by Gasteiger charge is -2.54. The second kappa shape index (κ2) is 7.32. The maximum absolute atomic E-state index is 13.2.